The molecule has 0 saturated heterocycles. The van der Waals surface area contributed by atoms with E-state index in [-0.39, 0.29) is 6.04 Å². The third kappa shape index (κ3) is 4.29. The molecule has 0 bridgehead atoms. The van der Waals surface area contributed by atoms with Gasteiger partial charge in [0.25, 0.3) is 0 Å². The molecule has 0 aliphatic heterocycles. The molecule has 0 saturated carbocycles. The molecule has 4 heteroatoms. The van der Waals surface area contributed by atoms with Gasteiger partial charge in [0.2, 0.25) is 0 Å². The zero-order valence-corrected chi connectivity index (χ0v) is 9.73. The van der Waals surface area contributed by atoms with Crippen molar-refractivity contribution < 1.29 is 0 Å². The van der Waals surface area contributed by atoms with E-state index in [1.165, 1.54) is 0 Å². The molecule has 0 heterocycles. The predicted molar refractivity (Wildman–Crippen MR) is 40.9 cm³/mol. The molecule has 1 radical (unpaired) electrons. The van der Waals surface area contributed by atoms with E-state index in [1.807, 2.05) is 0 Å². The van der Waals surface area contributed by atoms with Crippen LogP contribution in [0.3, 0.4) is 0 Å². The van der Waals surface area contributed by atoms with Crippen LogP contribution in [0, 0.1) is 0 Å². The zero-order chi connectivity index (χ0) is 6.57. The third-order valence-corrected chi connectivity index (χ3v) is 3.37. The molecule has 0 amide bonds. The van der Waals surface area contributed by atoms with E-state index in [4.69, 9.17) is 5.73 Å². The van der Waals surface area contributed by atoms with Crippen molar-refractivity contribution in [1.29, 1.82) is 0 Å². The Hall–Kier alpha value is 1.39. The van der Waals surface area contributed by atoms with Crippen molar-refractivity contribution in [3.05, 3.63) is 0 Å². The zero-order valence-electron chi connectivity index (χ0n) is 4.59. The molecule has 0 spiro atoms. The van der Waals surface area contributed by atoms with Crippen LogP contribution in [-0.4, -0.2) is 55.9 Å². The Morgan fingerprint density at radius 2 is 2.38 bits per heavy atom. The van der Waals surface area contributed by atoms with Crippen molar-refractivity contribution >= 4 is 49.9 Å². The minimum atomic E-state index is 0.250. The van der Waals surface area contributed by atoms with E-state index < -0.39 is 0 Å². The Morgan fingerprint density at radius 1 is 1.88 bits per heavy atom. The van der Waals surface area contributed by atoms with Crippen LogP contribution in [0.4, 0.5) is 0 Å². The van der Waals surface area contributed by atoms with Gasteiger partial charge in [-0.3, -0.25) is 0 Å². The van der Waals surface area contributed by atoms with Gasteiger partial charge < -0.3 is 0 Å². The van der Waals surface area contributed by atoms with Gasteiger partial charge in [-0.05, 0) is 0 Å². The van der Waals surface area contributed by atoms with Crippen LogP contribution in [0.2, 0.25) is 11.1 Å². The summed E-state index contributed by atoms with van der Waals surface area (Å²) in [6.07, 6.45) is 0. The number of hydrogen-bond donors (Lipinski definition) is 1. The van der Waals surface area contributed by atoms with E-state index in [1.54, 1.807) is 0 Å². The second kappa shape index (κ2) is 5.20. The molecular weight excluding hydrogens is 299 g/mol. The van der Waals surface area contributed by atoms with E-state index >= 15 is 0 Å². The summed E-state index contributed by atoms with van der Waals surface area (Å²) in [6, 6.07) is 0.250. The fourth-order valence-electron chi connectivity index (χ4n) is 0.248. The Labute approximate surface area is 72.5 Å². The number of hydrogen-bond acceptors (Lipinski definition) is 1. The van der Waals surface area contributed by atoms with Gasteiger partial charge in [0.1, 0.15) is 0 Å². The Bertz CT molecular complexity index is 83.4. The predicted octanol–water partition coefficient (Wildman–Crippen LogP) is -1.05. The van der Waals surface area contributed by atoms with Crippen LogP contribution in [0.25, 0.3) is 0 Å². The van der Waals surface area contributed by atoms with Crippen LogP contribution in [0.1, 0.15) is 0 Å². The average molecular weight is 307 g/mol. The second-order valence-corrected chi connectivity index (χ2v) is 6.45. The molecule has 0 aliphatic carbocycles. The molecule has 47 valence electrons. The summed E-state index contributed by atoms with van der Waals surface area (Å²) in [7, 11) is 0. The van der Waals surface area contributed by atoms with Crippen LogP contribution in [0.5, 0.6) is 0 Å². The molecule has 0 aromatic carbocycles. The first-order valence-corrected chi connectivity index (χ1v) is 6.77. The molecule has 0 aromatic rings. The van der Waals surface area contributed by atoms with Crippen LogP contribution in [-0.2, 0) is 0 Å². The summed E-state index contributed by atoms with van der Waals surface area (Å²) in [5.41, 5.74) is 5.64. The Balaban J connectivity index is 3.32. The molecule has 1 nitrogen and oxygen atoms in total. The van der Waals surface area contributed by atoms with Crippen LogP contribution < -0.4 is 5.73 Å². The monoisotopic (exact) mass is 310 g/mol. The summed E-state index contributed by atoms with van der Waals surface area (Å²) in [5.74, 6) is 2.19. The van der Waals surface area contributed by atoms with Gasteiger partial charge in [-0.2, -0.15) is 0 Å². The molecule has 0 aliphatic rings. The normalized spacial score (nSPS) is 13.2. The van der Waals surface area contributed by atoms with E-state index in [9.17, 15) is 0 Å². The summed E-state index contributed by atoms with van der Waals surface area (Å²) in [4.78, 5) is 0. The van der Waals surface area contributed by atoms with Crippen molar-refractivity contribution in [1.82, 2.24) is 0 Å². The molecule has 0 unspecified atom stereocenters. The SMILES string of the molecule is C[Se]C[C@H](N)C([Se])=[Se]. The molecule has 0 fully saturated rings. The third-order valence-electron chi connectivity index (χ3n) is 0.649. The summed E-state index contributed by atoms with van der Waals surface area (Å²) in [5, 5.41) is 1.13. The van der Waals surface area contributed by atoms with Gasteiger partial charge in [0, 0.05) is 0 Å². The molecule has 2 N–H and O–H groups in total. The van der Waals surface area contributed by atoms with Gasteiger partial charge in [0.15, 0.2) is 0 Å². The van der Waals surface area contributed by atoms with Crippen LogP contribution >= 0.6 is 0 Å². The van der Waals surface area contributed by atoms with Crippen molar-refractivity contribution in [2.24, 2.45) is 5.73 Å². The van der Waals surface area contributed by atoms with Crippen molar-refractivity contribution in [3.63, 3.8) is 0 Å². The van der Waals surface area contributed by atoms with Gasteiger partial charge in [0.05, 0.1) is 0 Å². The van der Waals surface area contributed by atoms with Gasteiger partial charge >= 0.3 is 72.8 Å². The fraction of sp³-hybridized carbons (Fsp3) is 0.750. The number of nitrogens with two attached hydrogens (primary N) is 1. The van der Waals surface area contributed by atoms with Crippen molar-refractivity contribution in [2.75, 3.05) is 0 Å². The summed E-state index contributed by atoms with van der Waals surface area (Å²) in [6.45, 7) is 0. The van der Waals surface area contributed by atoms with Gasteiger partial charge in [-0.25, -0.2) is 0 Å². The molecular formula is C4H8NSe3. The molecule has 1 atom stereocenters. The summed E-state index contributed by atoms with van der Waals surface area (Å²) >= 11 is 6.43. The first kappa shape index (κ1) is 9.39. The summed E-state index contributed by atoms with van der Waals surface area (Å²) < 4.78 is 1.11. The maximum atomic E-state index is 5.64. The van der Waals surface area contributed by atoms with Gasteiger partial charge in [-0.15, -0.1) is 0 Å². The Morgan fingerprint density at radius 3 is 2.50 bits per heavy atom. The topological polar surface area (TPSA) is 26.0 Å². The van der Waals surface area contributed by atoms with Gasteiger partial charge in [-0.1, -0.05) is 0 Å². The molecule has 8 heavy (non-hydrogen) atoms. The van der Waals surface area contributed by atoms with Crippen molar-refractivity contribution in [2.45, 2.75) is 17.2 Å². The average Bonchev–Trinajstić information content (AvgIpc) is 1.67. The van der Waals surface area contributed by atoms with E-state index in [0.29, 0.717) is 15.0 Å². The maximum absolute atomic E-state index is 5.64. The first-order valence-electron chi connectivity index (χ1n) is 2.14. The Kier molecular flexibility index (Phi) is 6.10. The number of rotatable bonds is 3. The van der Waals surface area contributed by atoms with E-state index in [0.717, 1.165) is 8.64 Å². The molecule has 0 rings (SSSR count). The van der Waals surface area contributed by atoms with Crippen molar-refractivity contribution in [3.8, 4) is 0 Å². The fourth-order valence-corrected chi connectivity index (χ4v) is 2.77. The second-order valence-electron chi connectivity index (χ2n) is 1.38. The van der Waals surface area contributed by atoms with E-state index in [2.05, 4.69) is 37.4 Å². The standard InChI is InChI=1S/C4H8NSe3/c1-8-2-3(5)4(6)7/h3H,2,5H2,1H3/t3-/m0/s1. The molecule has 0 aromatic heterocycles. The van der Waals surface area contributed by atoms with Crippen LogP contribution in [0.15, 0.2) is 0 Å². The first-order chi connectivity index (χ1) is 3.68. The quantitative estimate of drug-likeness (QED) is 0.662. The minimum absolute atomic E-state index is 0.250.